The molecule has 14 heavy (non-hydrogen) atoms. The van der Waals surface area contributed by atoms with Crippen LogP contribution in [0.1, 0.15) is 19.3 Å². The minimum absolute atomic E-state index is 0.684. The zero-order chi connectivity index (χ0) is 9.97. The fourth-order valence-electron chi connectivity index (χ4n) is 2.54. The van der Waals surface area contributed by atoms with Crippen LogP contribution in [0.4, 0.5) is 0 Å². The number of nitrogens with zero attached hydrogens (tertiary/aromatic N) is 2. The molecule has 0 aromatic carbocycles. The summed E-state index contributed by atoms with van der Waals surface area (Å²) >= 11 is 0. The molecule has 2 aliphatic rings. The molecule has 0 aliphatic carbocycles. The number of piperidine rings is 1. The van der Waals surface area contributed by atoms with E-state index in [1.54, 1.807) is 0 Å². The highest BCUT2D eigenvalue weighted by Gasteiger charge is 2.27. The third kappa shape index (κ3) is 2.27. The Bertz CT molecular complexity index is 172. The first kappa shape index (κ1) is 10.4. The van der Waals surface area contributed by atoms with Gasteiger partial charge in [-0.3, -0.25) is 4.90 Å². The molecule has 0 aromatic heterocycles. The molecule has 0 amide bonds. The molecule has 0 bridgehead atoms. The van der Waals surface area contributed by atoms with Crippen LogP contribution in [0.3, 0.4) is 0 Å². The Balaban J connectivity index is 1.82. The van der Waals surface area contributed by atoms with Crippen LogP contribution in [0.5, 0.6) is 0 Å². The fourth-order valence-corrected chi connectivity index (χ4v) is 2.54. The summed E-state index contributed by atoms with van der Waals surface area (Å²) in [5, 5.41) is 0. The van der Waals surface area contributed by atoms with Crippen LogP contribution in [-0.4, -0.2) is 62.3 Å². The molecule has 2 heterocycles. The predicted octanol–water partition coefficient (Wildman–Crippen LogP) is 0.801. The Labute approximate surface area is 87.0 Å². The van der Waals surface area contributed by atoms with E-state index in [1.807, 2.05) is 0 Å². The van der Waals surface area contributed by atoms with Crippen LogP contribution in [0.2, 0.25) is 0 Å². The van der Waals surface area contributed by atoms with Crippen LogP contribution < -0.4 is 0 Å². The highest BCUT2D eigenvalue weighted by molar-refractivity contribution is 4.82. The average molecular weight is 198 g/mol. The lowest BCUT2D eigenvalue weighted by Crippen LogP contribution is -2.46. The zero-order valence-electron chi connectivity index (χ0n) is 9.41. The molecule has 0 unspecified atom stereocenters. The van der Waals surface area contributed by atoms with Crippen molar-refractivity contribution in [2.45, 2.75) is 31.3 Å². The van der Waals surface area contributed by atoms with Crippen molar-refractivity contribution in [3.8, 4) is 0 Å². The van der Waals surface area contributed by atoms with Crippen molar-refractivity contribution in [1.29, 1.82) is 0 Å². The van der Waals surface area contributed by atoms with E-state index in [1.165, 1.54) is 32.4 Å². The van der Waals surface area contributed by atoms with Gasteiger partial charge in [-0.1, -0.05) is 0 Å². The van der Waals surface area contributed by atoms with E-state index >= 15 is 0 Å². The molecule has 2 fully saturated rings. The smallest absolute Gasteiger partial charge is 0.0622 e. The van der Waals surface area contributed by atoms with E-state index in [-0.39, 0.29) is 0 Å². The number of likely N-dealkylation sites (tertiary alicyclic amines) is 1. The van der Waals surface area contributed by atoms with Crippen molar-refractivity contribution < 1.29 is 4.74 Å². The van der Waals surface area contributed by atoms with Gasteiger partial charge in [0.05, 0.1) is 6.61 Å². The van der Waals surface area contributed by atoms with E-state index in [0.29, 0.717) is 6.04 Å². The second-order valence-corrected chi connectivity index (χ2v) is 4.72. The minimum atomic E-state index is 0.684. The Morgan fingerprint density at radius 1 is 1.14 bits per heavy atom. The van der Waals surface area contributed by atoms with Gasteiger partial charge in [-0.2, -0.15) is 0 Å². The van der Waals surface area contributed by atoms with Crippen LogP contribution in [0, 0.1) is 0 Å². The topological polar surface area (TPSA) is 15.7 Å². The van der Waals surface area contributed by atoms with Crippen molar-refractivity contribution >= 4 is 0 Å². The third-order valence-corrected chi connectivity index (χ3v) is 3.75. The minimum Gasteiger partial charge on any atom is -0.380 e. The van der Waals surface area contributed by atoms with Gasteiger partial charge in [-0.05, 0) is 46.4 Å². The molecule has 2 aliphatic heterocycles. The van der Waals surface area contributed by atoms with Crippen molar-refractivity contribution in [2.24, 2.45) is 0 Å². The second-order valence-electron chi connectivity index (χ2n) is 4.72. The fraction of sp³-hybridized carbons (Fsp3) is 1.00. The van der Waals surface area contributed by atoms with E-state index in [4.69, 9.17) is 4.74 Å². The quantitative estimate of drug-likeness (QED) is 0.653. The average Bonchev–Trinajstić information content (AvgIpc) is 2.71. The van der Waals surface area contributed by atoms with Gasteiger partial charge in [-0.25, -0.2) is 0 Å². The van der Waals surface area contributed by atoms with Crippen molar-refractivity contribution in [1.82, 2.24) is 9.80 Å². The first-order valence-corrected chi connectivity index (χ1v) is 5.75. The molecule has 0 radical (unpaired) electrons. The summed E-state index contributed by atoms with van der Waals surface area (Å²) in [6, 6.07) is 1.47. The monoisotopic (exact) mass is 198 g/mol. The van der Waals surface area contributed by atoms with Crippen LogP contribution >= 0.6 is 0 Å². The van der Waals surface area contributed by atoms with Gasteiger partial charge in [0.1, 0.15) is 0 Å². The lowest BCUT2D eigenvalue weighted by molar-refractivity contribution is 0.0935. The van der Waals surface area contributed by atoms with E-state index < -0.39 is 0 Å². The number of likely N-dealkylation sites (N-methyl/N-ethyl adjacent to an activating group) is 1. The maximum absolute atomic E-state index is 5.44. The Morgan fingerprint density at radius 3 is 2.43 bits per heavy atom. The maximum Gasteiger partial charge on any atom is 0.0622 e. The molecular formula is C11H22N2O. The van der Waals surface area contributed by atoms with E-state index in [2.05, 4.69) is 23.9 Å². The normalized spacial score (nSPS) is 31.5. The number of hydrogen-bond donors (Lipinski definition) is 0. The van der Waals surface area contributed by atoms with Gasteiger partial charge in [0.2, 0.25) is 0 Å². The second kappa shape index (κ2) is 4.60. The Morgan fingerprint density at radius 2 is 1.86 bits per heavy atom. The summed E-state index contributed by atoms with van der Waals surface area (Å²) in [5.41, 5.74) is 0. The summed E-state index contributed by atoms with van der Waals surface area (Å²) in [7, 11) is 4.49. The van der Waals surface area contributed by atoms with Crippen molar-refractivity contribution in [3.63, 3.8) is 0 Å². The zero-order valence-corrected chi connectivity index (χ0v) is 9.41. The number of rotatable bonds is 2. The van der Waals surface area contributed by atoms with Crippen LogP contribution in [0.25, 0.3) is 0 Å². The Kier molecular flexibility index (Phi) is 3.42. The molecule has 0 saturated carbocycles. The summed E-state index contributed by atoms with van der Waals surface area (Å²) in [6.07, 6.45) is 3.87. The van der Waals surface area contributed by atoms with Crippen LogP contribution in [0.15, 0.2) is 0 Å². The summed E-state index contributed by atoms with van der Waals surface area (Å²) in [5.74, 6) is 0. The lowest BCUT2D eigenvalue weighted by atomic mass is 10.0. The predicted molar refractivity (Wildman–Crippen MR) is 57.5 cm³/mol. The highest BCUT2D eigenvalue weighted by atomic mass is 16.5. The van der Waals surface area contributed by atoms with E-state index in [9.17, 15) is 0 Å². The third-order valence-electron chi connectivity index (χ3n) is 3.75. The molecule has 3 nitrogen and oxygen atoms in total. The lowest BCUT2D eigenvalue weighted by Gasteiger charge is -2.37. The first-order chi connectivity index (χ1) is 6.77. The summed E-state index contributed by atoms with van der Waals surface area (Å²) < 4.78 is 5.44. The SMILES string of the molecule is CN1CCC(N(C)[C@@H]2CCOC2)CC1. The first-order valence-electron chi connectivity index (χ1n) is 5.75. The van der Waals surface area contributed by atoms with Gasteiger partial charge < -0.3 is 9.64 Å². The standard InChI is InChI=1S/C11H22N2O/c1-12-6-3-10(4-7-12)13(2)11-5-8-14-9-11/h10-11H,3-9H2,1-2H3/t11-/m1/s1. The van der Waals surface area contributed by atoms with Crippen molar-refractivity contribution in [3.05, 3.63) is 0 Å². The summed E-state index contributed by atoms with van der Waals surface area (Å²) in [6.45, 7) is 4.41. The largest absolute Gasteiger partial charge is 0.380 e. The molecule has 3 heteroatoms. The van der Waals surface area contributed by atoms with Gasteiger partial charge in [-0.15, -0.1) is 0 Å². The highest BCUT2D eigenvalue weighted by Crippen LogP contribution is 2.20. The molecule has 0 aromatic rings. The Hall–Kier alpha value is -0.120. The van der Waals surface area contributed by atoms with Crippen LogP contribution in [-0.2, 0) is 4.74 Å². The molecule has 1 atom stereocenters. The molecule has 2 rings (SSSR count). The van der Waals surface area contributed by atoms with Gasteiger partial charge in [0, 0.05) is 18.7 Å². The molecule has 0 spiro atoms. The summed E-state index contributed by atoms with van der Waals surface area (Å²) in [4.78, 5) is 4.98. The van der Waals surface area contributed by atoms with Gasteiger partial charge in [0.15, 0.2) is 0 Å². The van der Waals surface area contributed by atoms with E-state index in [0.717, 1.165) is 19.3 Å². The molecule has 0 N–H and O–H groups in total. The van der Waals surface area contributed by atoms with Crippen molar-refractivity contribution in [2.75, 3.05) is 40.4 Å². The molecule has 82 valence electrons. The maximum atomic E-state index is 5.44. The van der Waals surface area contributed by atoms with Gasteiger partial charge in [0.25, 0.3) is 0 Å². The van der Waals surface area contributed by atoms with Gasteiger partial charge >= 0.3 is 0 Å². The number of hydrogen-bond acceptors (Lipinski definition) is 3. The molecular weight excluding hydrogens is 176 g/mol. The number of ether oxygens (including phenoxy) is 1. The molecule has 2 saturated heterocycles.